The Labute approximate surface area is 338 Å². The van der Waals surface area contributed by atoms with E-state index < -0.39 is 29.9 Å². The number of aliphatic hydroxyl groups excluding tert-OH is 1. The monoisotopic (exact) mass is 798 g/mol. The van der Waals surface area contributed by atoms with Gasteiger partial charge in [0.15, 0.2) is 11.3 Å². The standard InChI is InChI=1S/C43H32F2N14O/c1-23(30-10-9-29(44)15-33(30)45)59(43-47-18-28-14-26(8-12-35(28)56-43)39-32-20-53-58-41(32)51-22-49-39)37(60)16-36(24-5-3-2-4-6-24)55-42-46-17-27-13-25(7-11-34(27)54-42)38-31-19-52-57-40(31)50-21-48-38/h2-15,17-23,36-37,60H,16H2,1H3,(H,46,54,55)(H,48,50,52,57)(H,49,51,53,58)/t23-,36-,37?/m1/s1. The molecule has 6 heterocycles. The van der Waals surface area contributed by atoms with E-state index in [1.54, 1.807) is 31.7 Å². The molecule has 15 nitrogen and oxygen atoms in total. The molecular formula is C43H32F2N14O. The molecule has 0 amide bonds. The van der Waals surface area contributed by atoms with Crippen LogP contribution in [0.2, 0.25) is 0 Å². The second-order valence-electron chi connectivity index (χ2n) is 14.2. The summed E-state index contributed by atoms with van der Waals surface area (Å²) in [5.41, 5.74) is 6.58. The molecule has 4 aromatic carbocycles. The highest BCUT2D eigenvalue weighted by Crippen LogP contribution is 2.35. The lowest BCUT2D eigenvalue weighted by Crippen LogP contribution is -2.40. The normalized spacial score (nSPS) is 13.2. The number of nitrogens with zero attached hydrogens (tertiary/aromatic N) is 11. The lowest BCUT2D eigenvalue weighted by Gasteiger charge is -2.36. The fourth-order valence-corrected chi connectivity index (χ4v) is 7.53. The van der Waals surface area contributed by atoms with E-state index >= 15 is 4.39 Å². The number of benzene rings is 4. The zero-order valence-electron chi connectivity index (χ0n) is 31.6. The largest absolute Gasteiger partial charge is 0.373 e. The van der Waals surface area contributed by atoms with Crippen molar-refractivity contribution in [3.63, 3.8) is 0 Å². The molecule has 60 heavy (non-hydrogen) atoms. The van der Waals surface area contributed by atoms with Gasteiger partial charge in [-0.2, -0.15) is 10.2 Å². The Kier molecular flexibility index (Phi) is 9.17. The number of halogens is 2. The van der Waals surface area contributed by atoms with Crippen LogP contribution in [0.25, 0.3) is 66.4 Å². The van der Waals surface area contributed by atoms with Gasteiger partial charge in [0.2, 0.25) is 11.9 Å². The van der Waals surface area contributed by atoms with Crippen molar-refractivity contribution in [3.8, 4) is 22.5 Å². The van der Waals surface area contributed by atoms with Crippen LogP contribution in [0.5, 0.6) is 0 Å². The number of hydrogen-bond acceptors (Lipinski definition) is 13. The molecule has 4 N–H and O–H groups in total. The molecule has 0 fully saturated rings. The lowest BCUT2D eigenvalue weighted by molar-refractivity contribution is 0.141. The Balaban J connectivity index is 0.985. The lowest BCUT2D eigenvalue weighted by atomic mass is 10.0. The molecule has 0 aliphatic rings. The highest BCUT2D eigenvalue weighted by Gasteiger charge is 2.31. The first-order chi connectivity index (χ1) is 29.4. The predicted molar refractivity (Wildman–Crippen MR) is 221 cm³/mol. The first-order valence-electron chi connectivity index (χ1n) is 18.9. The molecule has 3 atom stereocenters. The van der Waals surface area contributed by atoms with Gasteiger partial charge >= 0.3 is 0 Å². The Bertz CT molecular complexity index is 3180. The third-order valence-corrected chi connectivity index (χ3v) is 10.5. The minimum Gasteiger partial charge on any atom is -0.373 e. The van der Waals surface area contributed by atoms with Crippen molar-refractivity contribution in [2.24, 2.45) is 0 Å². The highest BCUT2D eigenvalue weighted by atomic mass is 19.1. The quantitative estimate of drug-likeness (QED) is 0.0933. The number of aromatic amines is 2. The summed E-state index contributed by atoms with van der Waals surface area (Å²) in [4.78, 5) is 38.0. The smallest absolute Gasteiger partial charge is 0.228 e. The summed E-state index contributed by atoms with van der Waals surface area (Å²) in [6.45, 7) is 1.71. The molecule has 0 radical (unpaired) electrons. The maximum atomic E-state index is 15.5. The predicted octanol–water partition coefficient (Wildman–Crippen LogP) is 7.65. The number of aromatic nitrogens is 12. The van der Waals surface area contributed by atoms with Gasteiger partial charge in [-0.1, -0.05) is 48.5 Å². The third-order valence-electron chi connectivity index (χ3n) is 10.5. The van der Waals surface area contributed by atoms with Gasteiger partial charge in [0.1, 0.15) is 30.5 Å². The number of fused-ring (bicyclic) bond motifs is 4. The summed E-state index contributed by atoms with van der Waals surface area (Å²) in [5, 5.41) is 32.7. The Morgan fingerprint density at radius 1 is 0.683 bits per heavy atom. The van der Waals surface area contributed by atoms with Crippen molar-refractivity contribution in [1.29, 1.82) is 0 Å². The molecule has 6 aromatic heterocycles. The van der Waals surface area contributed by atoms with Crippen LogP contribution in [0.3, 0.4) is 0 Å². The Morgan fingerprint density at radius 2 is 1.32 bits per heavy atom. The second kappa shape index (κ2) is 15.1. The molecule has 294 valence electrons. The van der Waals surface area contributed by atoms with E-state index in [4.69, 9.17) is 15.0 Å². The van der Waals surface area contributed by atoms with Crippen LogP contribution in [0.4, 0.5) is 20.7 Å². The van der Waals surface area contributed by atoms with Crippen molar-refractivity contribution in [3.05, 3.63) is 145 Å². The molecule has 0 saturated heterocycles. The highest BCUT2D eigenvalue weighted by molar-refractivity contribution is 5.94. The first kappa shape index (κ1) is 36.4. The maximum absolute atomic E-state index is 15.5. The summed E-state index contributed by atoms with van der Waals surface area (Å²) in [5.74, 6) is -1.01. The van der Waals surface area contributed by atoms with Crippen molar-refractivity contribution < 1.29 is 13.9 Å². The molecule has 10 aromatic rings. The van der Waals surface area contributed by atoms with Gasteiger partial charge in [-0.15, -0.1) is 0 Å². The number of rotatable bonds is 11. The van der Waals surface area contributed by atoms with Crippen molar-refractivity contribution in [2.45, 2.75) is 31.7 Å². The molecule has 10 rings (SSSR count). The Hall–Kier alpha value is -7.92. The average Bonchev–Trinajstić information content (AvgIpc) is 3.97. The SMILES string of the molecule is C[C@H](c1ccc(F)cc1F)N(c1ncc2cc(-c3ncnc4[nH]ncc34)ccc2n1)C(O)C[C@@H](Nc1ncc2cc(-c3ncnc4[nH]ncc34)ccc2n1)c1ccccc1. The van der Waals surface area contributed by atoms with Crippen LogP contribution < -0.4 is 10.2 Å². The maximum Gasteiger partial charge on any atom is 0.228 e. The zero-order valence-corrected chi connectivity index (χ0v) is 31.6. The number of anilines is 2. The minimum absolute atomic E-state index is 0.0562. The van der Waals surface area contributed by atoms with Crippen LogP contribution in [0, 0.1) is 11.6 Å². The summed E-state index contributed by atoms with van der Waals surface area (Å²) < 4.78 is 29.6. The molecule has 0 aliphatic heterocycles. The van der Waals surface area contributed by atoms with Crippen molar-refractivity contribution >= 4 is 55.8 Å². The van der Waals surface area contributed by atoms with E-state index in [2.05, 4.69) is 50.6 Å². The van der Waals surface area contributed by atoms with Gasteiger partial charge in [0.25, 0.3) is 0 Å². The summed E-state index contributed by atoms with van der Waals surface area (Å²) in [7, 11) is 0. The van der Waals surface area contributed by atoms with Crippen molar-refractivity contribution in [2.75, 3.05) is 10.2 Å². The van der Waals surface area contributed by atoms with Gasteiger partial charge in [-0.05, 0) is 42.8 Å². The van der Waals surface area contributed by atoms with Gasteiger partial charge < -0.3 is 15.3 Å². The zero-order chi connectivity index (χ0) is 40.7. The third kappa shape index (κ3) is 6.81. The fourth-order valence-electron chi connectivity index (χ4n) is 7.53. The van der Waals surface area contributed by atoms with Crippen LogP contribution in [-0.2, 0) is 0 Å². The first-order valence-corrected chi connectivity index (χ1v) is 18.9. The van der Waals surface area contributed by atoms with Gasteiger partial charge in [-0.25, -0.2) is 48.7 Å². The van der Waals surface area contributed by atoms with Gasteiger partial charge in [0, 0.05) is 52.3 Å². The minimum atomic E-state index is -1.30. The van der Waals surface area contributed by atoms with E-state index in [0.717, 1.165) is 44.6 Å². The van der Waals surface area contributed by atoms with Crippen molar-refractivity contribution in [1.82, 2.24) is 60.3 Å². The molecule has 0 bridgehead atoms. The topological polar surface area (TPSA) is 196 Å². The molecule has 0 spiro atoms. The van der Waals surface area contributed by atoms with Crippen LogP contribution >= 0.6 is 0 Å². The van der Waals surface area contributed by atoms with E-state index in [-0.39, 0.29) is 17.9 Å². The number of nitrogens with one attached hydrogen (secondary N) is 3. The summed E-state index contributed by atoms with van der Waals surface area (Å²) in [6, 6.07) is 23.0. The number of hydrogen-bond donors (Lipinski definition) is 4. The second-order valence-corrected chi connectivity index (χ2v) is 14.2. The molecule has 17 heteroatoms. The van der Waals surface area contributed by atoms with Gasteiger partial charge in [-0.3, -0.25) is 10.2 Å². The van der Waals surface area contributed by atoms with Gasteiger partial charge in [0.05, 0.1) is 57.7 Å². The van der Waals surface area contributed by atoms with E-state index in [1.165, 1.54) is 29.7 Å². The van der Waals surface area contributed by atoms with Crippen LogP contribution in [0.15, 0.2) is 122 Å². The summed E-state index contributed by atoms with van der Waals surface area (Å²) in [6.07, 6.45) is 8.44. The molecule has 1 unspecified atom stereocenters. The summed E-state index contributed by atoms with van der Waals surface area (Å²) >= 11 is 0. The van der Waals surface area contributed by atoms with E-state index in [1.807, 2.05) is 66.7 Å². The average molecular weight is 799 g/mol. The molecule has 0 aliphatic carbocycles. The fraction of sp³-hybridized carbons (Fsp3) is 0.116. The van der Waals surface area contributed by atoms with Crippen LogP contribution in [-0.4, -0.2) is 71.6 Å². The molecule has 0 saturated carbocycles. The Morgan fingerprint density at radius 3 is 1.97 bits per heavy atom. The number of H-pyrrole nitrogens is 2. The van der Waals surface area contributed by atoms with E-state index in [0.29, 0.717) is 39.4 Å². The number of aliphatic hydroxyl groups is 1. The van der Waals surface area contributed by atoms with Crippen LogP contribution in [0.1, 0.15) is 36.6 Å². The molecular weight excluding hydrogens is 767 g/mol. The van der Waals surface area contributed by atoms with E-state index in [9.17, 15) is 9.50 Å².